The third-order valence-corrected chi connectivity index (χ3v) is 15.0. The number of amides is 1. The lowest BCUT2D eigenvalue weighted by Crippen LogP contribution is -2.55. The van der Waals surface area contributed by atoms with Crippen LogP contribution in [0.25, 0.3) is 0 Å². The Morgan fingerprint density at radius 2 is 1.47 bits per heavy atom. The summed E-state index contributed by atoms with van der Waals surface area (Å²) in [6.07, 6.45) is 20.3. The minimum Gasteiger partial charge on any atom is -0.355 e. The highest BCUT2D eigenvalue weighted by molar-refractivity contribution is 7.85. The van der Waals surface area contributed by atoms with Gasteiger partial charge < -0.3 is 27.0 Å². The highest BCUT2D eigenvalue weighted by Gasteiger charge is 2.60. The molecule has 10 heteroatoms. The molecule has 0 heterocycles. The van der Waals surface area contributed by atoms with Crippen LogP contribution in [0.4, 0.5) is 0 Å². The largest absolute Gasteiger partial charge is 0.355 e. The van der Waals surface area contributed by atoms with E-state index in [0.29, 0.717) is 22.8 Å². The summed E-state index contributed by atoms with van der Waals surface area (Å²) in [6.45, 7) is 16.0. The monoisotopic (exact) mass is 710 g/mol. The summed E-state index contributed by atoms with van der Waals surface area (Å²) in [5, 5.41) is 13.7. The smallest absolute Gasteiger partial charge is 0.266 e. The predicted octanol–water partition coefficient (Wildman–Crippen LogP) is 5.75. The number of carbonyl (C=O) groups is 1. The molecule has 0 radical (unpaired) electrons. The lowest BCUT2D eigenvalue weighted by Gasteiger charge is -2.61. The van der Waals surface area contributed by atoms with Crippen LogP contribution in [0.15, 0.2) is 0 Å². The fraction of sp³-hybridized carbons (Fsp3) is 0.974. The summed E-state index contributed by atoms with van der Waals surface area (Å²) < 4.78 is 30.8. The third kappa shape index (κ3) is 11.4. The summed E-state index contributed by atoms with van der Waals surface area (Å²) in [4.78, 5) is 12.4. The van der Waals surface area contributed by atoms with Gasteiger partial charge in [-0.05, 0) is 175 Å². The lowest BCUT2D eigenvalue weighted by molar-refractivity contribution is -0.124. The molecule has 0 saturated heterocycles. The van der Waals surface area contributed by atoms with Crippen molar-refractivity contribution in [2.75, 3.05) is 51.6 Å². The van der Waals surface area contributed by atoms with Crippen molar-refractivity contribution in [1.29, 1.82) is 0 Å². The zero-order valence-electron chi connectivity index (χ0n) is 31.7. The fourth-order valence-corrected chi connectivity index (χ4v) is 11.8. The first-order valence-corrected chi connectivity index (χ1v) is 22.1. The maximum absolute atomic E-state index is 12.4. The van der Waals surface area contributed by atoms with Crippen LogP contribution < -0.4 is 27.0 Å². The molecule has 4 saturated carbocycles. The summed E-state index contributed by atoms with van der Waals surface area (Å²) in [5.74, 6) is 4.31. The minimum atomic E-state index is -4.05. The van der Waals surface area contributed by atoms with E-state index in [4.69, 9.17) is 10.3 Å². The van der Waals surface area contributed by atoms with E-state index in [0.717, 1.165) is 94.5 Å². The van der Waals surface area contributed by atoms with Gasteiger partial charge in [0.2, 0.25) is 5.91 Å². The Kier molecular flexibility index (Phi) is 16.2. The van der Waals surface area contributed by atoms with Crippen molar-refractivity contribution in [2.45, 2.75) is 136 Å². The first-order chi connectivity index (χ1) is 23.4. The number of nitrogens with two attached hydrogens (primary N) is 1. The van der Waals surface area contributed by atoms with Crippen molar-refractivity contribution in [3.05, 3.63) is 0 Å². The number of hydrogen-bond acceptors (Lipinski definition) is 7. The molecule has 10 atom stereocenters. The molecule has 10 unspecified atom stereocenters. The Morgan fingerprint density at radius 3 is 2.18 bits per heavy atom. The van der Waals surface area contributed by atoms with Gasteiger partial charge in [0.15, 0.2) is 0 Å². The second kappa shape index (κ2) is 19.3. The van der Waals surface area contributed by atoms with Gasteiger partial charge in [-0.1, -0.05) is 40.5 Å². The molecule has 1 amide bonds. The Balaban J connectivity index is 1.15. The number of rotatable bonds is 22. The zero-order valence-corrected chi connectivity index (χ0v) is 32.6. The first kappa shape index (κ1) is 41.0. The van der Waals surface area contributed by atoms with Crippen molar-refractivity contribution >= 4 is 16.0 Å². The average Bonchev–Trinajstić information content (AvgIpc) is 3.42. The van der Waals surface area contributed by atoms with Crippen LogP contribution in [-0.4, -0.2) is 76.5 Å². The Bertz CT molecular complexity index is 1110. The van der Waals surface area contributed by atoms with Crippen molar-refractivity contribution in [2.24, 2.45) is 58.0 Å². The first-order valence-electron chi connectivity index (χ1n) is 20.5. The molecule has 4 aliphatic rings. The van der Waals surface area contributed by atoms with E-state index in [1.54, 1.807) is 0 Å². The van der Waals surface area contributed by atoms with Crippen molar-refractivity contribution in [3.63, 3.8) is 0 Å². The molecule has 4 fully saturated rings. The van der Waals surface area contributed by atoms with Gasteiger partial charge >= 0.3 is 0 Å². The van der Waals surface area contributed by atoms with Crippen LogP contribution in [0, 0.1) is 52.3 Å². The SMILES string of the molecule is CC(CCCC(C)C1CCC2C3CCC4CC(NCCCNCCCCNCCCN)CCC4(C)C3CCC12C)C(=O)NCCS(=O)(=O)O. The number of carbonyl (C=O) groups excluding carboxylic acids is 1. The molecule has 0 spiro atoms. The van der Waals surface area contributed by atoms with E-state index in [1.165, 1.54) is 77.0 Å². The number of unbranched alkanes of at least 4 members (excludes halogenated alkanes) is 1. The van der Waals surface area contributed by atoms with Crippen LogP contribution in [0.2, 0.25) is 0 Å². The summed E-state index contributed by atoms with van der Waals surface area (Å²) >= 11 is 0. The number of hydrogen-bond donors (Lipinski definition) is 6. The van der Waals surface area contributed by atoms with Gasteiger partial charge in [-0.2, -0.15) is 8.42 Å². The van der Waals surface area contributed by atoms with Gasteiger partial charge in [-0.3, -0.25) is 9.35 Å². The van der Waals surface area contributed by atoms with E-state index in [9.17, 15) is 13.2 Å². The van der Waals surface area contributed by atoms with E-state index in [1.807, 2.05) is 6.92 Å². The molecule has 286 valence electrons. The Hall–Kier alpha value is -0.780. The lowest BCUT2D eigenvalue weighted by atomic mass is 9.44. The second-order valence-electron chi connectivity index (χ2n) is 17.4. The topological polar surface area (TPSA) is 146 Å². The summed E-state index contributed by atoms with van der Waals surface area (Å²) in [6, 6.07) is 0.699. The van der Waals surface area contributed by atoms with E-state index < -0.39 is 15.9 Å². The van der Waals surface area contributed by atoms with Crippen LogP contribution in [-0.2, 0) is 14.9 Å². The second-order valence-corrected chi connectivity index (χ2v) is 19.0. The molecule has 0 aromatic rings. The molecular formula is C39H75N5O4S. The van der Waals surface area contributed by atoms with Crippen molar-refractivity contribution in [1.82, 2.24) is 21.3 Å². The Morgan fingerprint density at radius 1 is 0.796 bits per heavy atom. The molecule has 9 nitrogen and oxygen atoms in total. The van der Waals surface area contributed by atoms with Gasteiger partial charge in [0.05, 0.1) is 5.75 Å². The van der Waals surface area contributed by atoms with Gasteiger partial charge in [0.25, 0.3) is 10.1 Å². The predicted molar refractivity (Wildman–Crippen MR) is 202 cm³/mol. The molecule has 49 heavy (non-hydrogen) atoms. The van der Waals surface area contributed by atoms with Crippen LogP contribution in [0.5, 0.6) is 0 Å². The average molecular weight is 710 g/mol. The van der Waals surface area contributed by atoms with Crippen LogP contribution in [0.1, 0.15) is 130 Å². The van der Waals surface area contributed by atoms with E-state index >= 15 is 0 Å². The highest BCUT2D eigenvalue weighted by atomic mass is 32.2. The van der Waals surface area contributed by atoms with E-state index in [-0.39, 0.29) is 18.4 Å². The van der Waals surface area contributed by atoms with Crippen molar-refractivity contribution < 1.29 is 17.8 Å². The maximum atomic E-state index is 12.4. The van der Waals surface area contributed by atoms with Gasteiger partial charge in [0.1, 0.15) is 0 Å². The number of fused-ring (bicyclic) bond motifs is 5. The van der Waals surface area contributed by atoms with Gasteiger partial charge in [-0.15, -0.1) is 0 Å². The standard InChI is InChI=1S/C39H75N5O4S/c1-29(10-7-11-30(2)37(45)44-26-27-49(46,47)48)34-14-15-35-33-13-12-31-28-32(16-18-38(31,3)36(33)17-19-39(34,35)4)43-25-9-24-42-22-6-5-21-41-23-8-20-40/h29-36,41-43H,5-28,40H2,1-4H3,(H,44,45)(H,46,47,48). The maximum Gasteiger partial charge on any atom is 0.266 e. The van der Waals surface area contributed by atoms with Crippen LogP contribution in [0.3, 0.4) is 0 Å². The quantitative estimate of drug-likeness (QED) is 0.0616. The molecule has 0 aromatic carbocycles. The van der Waals surface area contributed by atoms with Gasteiger partial charge in [-0.25, -0.2) is 0 Å². The third-order valence-electron chi connectivity index (χ3n) is 14.3. The molecule has 4 aliphatic carbocycles. The van der Waals surface area contributed by atoms with E-state index in [2.05, 4.69) is 42.0 Å². The minimum absolute atomic E-state index is 0.0342. The highest BCUT2D eigenvalue weighted by Crippen LogP contribution is 2.68. The summed E-state index contributed by atoms with van der Waals surface area (Å²) in [7, 11) is -4.05. The number of nitrogens with one attached hydrogen (secondary N) is 4. The molecular weight excluding hydrogens is 635 g/mol. The molecule has 0 bridgehead atoms. The summed E-state index contributed by atoms with van der Waals surface area (Å²) in [5.41, 5.74) is 6.52. The fourth-order valence-electron chi connectivity index (χ4n) is 11.5. The molecule has 0 aromatic heterocycles. The zero-order chi connectivity index (χ0) is 35.5. The van der Waals surface area contributed by atoms with Crippen LogP contribution >= 0.6 is 0 Å². The normalized spacial score (nSPS) is 34.1. The molecule has 7 N–H and O–H groups in total. The molecule has 0 aliphatic heterocycles. The van der Waals surface area contributed by atoms with Crippen molar-refractivity contribution in [3.8, 4) is 0 Å². The Labute approximate surface area is 300 Å². The molecule has 4 rings (SSSR count). The van der Waals surface area contributed by atoms with Gasteiger partial charge in [0, 0.05) is 18.5 Å².